The zero-order valence-corrected chi connectivity index (χ0v) is 11.9. The summed E-state index contributed by atoms with van der Waals surface area (Å²) >= 11 is 6.15. The Morgan fingerprint density at radius 1 is 1.18 bits per heavy atom. The van der Waals surface area contributed by atoms with E-state index in [-0.39, 0.29) is 16.4 Å². The molecule has 0 bridgehead atoms. The number of halogens is 2. The van der Waals surface area contributed by atoms with Gasteiger partial charge < -0.3 is 5.32 Å². The van der Waals surface area contributed by atoms with Crippen LogP contribution in [-0.4, -0.2) is 16.0 Å². The van der Waals surface area contributed by atoms with Crippen molar-refractivity contribution in [1.82, 2.24) is 10.2 Å². The van der Waals surface area contributed by atoms with Gasteiger partial charge in [-0.3, -0.25) is 5.10 Å². The summed E-state index contributed by atoms with van der Waals surface area (Å²) in [6.07, 6.45) is 1.60. The quantitative estimate of drug-likeness (QED) is 0.700. The number of nitrogens with zero attached hydrogens (tertiary/aromatic N) is 2. The van der Waals surface area contributed by atoms with Crippen molar-refractivity contribution < 1.29 is 5.76 Å². The van der Waals surface area contributed by atoms with Crippen molar-refractivity contribution >= 4 is 28.8 Å². The molecule has 0 spiro atoms. The second-order valence-corrected chi connectivity index (χ2v) is 5.19. The van der Waals surface area contributed by atoms with Crippen molar-refractivity contribution in [1.29, 1.82) is 0 Å². The minimum Gasteiger partial charge on any atom is -0.337 e. The van der Waals surface area contributed by atoms with Crippen LogP contribution < -0.4 is 5.32 Å². The molecule has 22 heavy (non-hydrogen) atoms. The number of rotatable bonds is 1. The SMILES string of the molecule is [2H]c1ccc2c(c1)N=C(c1c(F)cccc1Cl)Nc1cn[nH]c1-2. The van der Waals surface area contributed by atoms with Crippen LogP contribution in [0, 0.1) is 5.82 Å². The summed E-state index contributed by atoms with van der Waals surface area (Å²) in [5, 5.41) is 10.3. The van der Waals surface area contributed by atoms with Crippen molar-refractivity contribution in [3.05, 3.63) is 65.0 Å². The molecule has 1 aromatic heterocycles. The third-order valence-electron chi connectivity index (χ3n) is 3.44. The highest BCUT2D eigenvalue weighted by atomic mass is 35.5. The van der Waals surface area contributed by atoms with Crippen molar-refractivity contribution in [2.45, 2.75) is 0 Å². The van der Waals surface area contributed by atoms with Gasteiger partial charge in [-0.05, 0) is 18.2 Å². The molecule has 4 rings (SSSR count). The fourth-order valence-corrected chi connectivity index (χ4v) is 2.68. The number of fused-ring (bicyclic) bond motifs is 3. The van der Waals surface area contributed by atoms with Crippen LogP contribution in [0.3, 0.4) is 0 Å². The third kappa shape index (κ3) is 1.98. The van der Waals surface area contributed by atoms with E-state index in [1.165, 1.54) is 12.1 Å². The average Bonchev–Trinajstić information content (AvgIpc) is 2.90. The van der Waals surface area contributed by atoms with E-state index in [1.54, 1.807) is 30.5 Å². The molecule has 2 N–H and O–H groups in total. The van der Waals surface area contributed by atoms with Crippen LogP contribution >= 0.6 is 11.6 Å². The lowest BCUT2D eigenvalue weighted by Gasteiger charge is -2.10. The number of anilines is 1. The molecule has 0 amide bonds. The predicted octanol–water partition coefficient (Wildman–Crippen LogP) is 4.37. The highest BCUT2D eigenvalue weighted by Gasteiger charge is 2.21. The van der Waals surface area contributed by atoms with Gasteiger partial charge in [0.2, 0.25) is 0 Å². The summed E-state index contributed by atoms with van der Waals surface area (Å²) in [5.41, 5.74) is 2.90. The van der Waals surface area contributed by atoms with E-state index in [1.807, 2.05) is 0 Å². The van der Waals surface area contributed by atoms with Gasteiger partial charge in [0.1, 0.15) is 11.7 Å². The van der Waals surface area contributed by atoms with E-state index in [0.717, 1.165) is 11.3 Å². The van der Waals surface area contributed by atoms with E-state index >= 15 is 0 Å². The molecule has 1 aliphatic rings. The molecule has 0 atom stereocenters. The van der Waals surface area contributed by atoms with Gasteiger partial charge in [-0.15, -0.1) is 0 Å². The number of hydrogen-bond acceptors (Lipinski definition) is 3. The average molecular weight is 314 g/mol. The maximum absolute atomic E-state index is 14.3. The molecule has 4 nitrogen and oxygen atoms in total. The van der Waals surface area contributed by atoms with Crippen LogP contribution in [0.25, 0.3) is 11.3 Å². The van der Waals surface area contributed by atoms with Gasteiger partial charge in [-0.25, -0.2) is 9.38 Å². The van der Waals surface area contributed by atoms with Crippen LogP contribution in [0.5, 0.6) is 0 Å². The van der Waals surface area contributed by atoms with E-state index in [4.69, 9.17) is 13.0 Å². The smallest absolute Gasteiger partial charge is 0.142 e. The number of aromatic amines is 1. The molecular formula is C16H10ClFN4. The van der Waals surface area contributed by atoms with Crippen molar-refractivity contribution in [2.75, 3.05) is 5.32 Å². The second-order valence-electron chi connectivity index (χ2n) is 4.78. The number of H-pyrrole nitrogens is 1. The van der Waals surface area contributed by atoms with E-state index < -0.39 is 5.82 Å². The first-order valence-corrected chi connectivity index (χ1v) is 6.96. The van der Waals surface area contributed by atoms with Gasteiger partial charge in [0.15, 0.2) is 0 Å². The Hall–Kier alpha value is -2.66. The van der Waals surface area contributed by atoms with Crippen LogP contribution in [0.15, 0.2) is 53.6 Å². The Kier molecular flexibility index (Phi) is 2.69. The summed E-state index contributed by atoms with van der Waals surface area (Å²) in [7, 11) is 0. The minimum atomic E-state index is -0.473. The van der Waals surface area contributed by atoms with Gasteiger partial charge in [-0.1, -0.05) is 35.8 Å². The Morgan fingerprint density at radius 2 is 2.09 bits per heavy atom. The van der Waals surface area contributed by atoms with Crippen LogP contribution in [0.2, 0.25) is 5.02 Å². The maximum Gasteiger partial charge on any atom is 0.142 e. The Morgan fingerprint density at radius 3 is 2.95 bits per heavy atom. The summed E-state index contributed by atoms with van der Waals surface area (Å²) in [6, 6.07) is 9.85. The molecule has 2 heterocycles. The monoisotopic (exact) mass is 313 g/mol. The number of amidine groups is 1. The lowest BCUT2D eigenvalue weighted by atomic mass is 10.1. The molecule has 1 aliphatic heterocycles. The third-order valence-corrected chi connectivity index (χ3v) is 3.75. The molecule has 0 unspecified atom stereocenters. The Labute approximate surface area is 132 Å². The molecule has 0 saturated carbocycles. The lowest BCUT2D eigenvalue weighted by molar-refractivity contribution is 0.625. The van der Waals surface area contributed by atoms with Crippen LogP contribution in [0.4, 0.5) is 15.8 Å². The van der Waals surface area contributed by atoms with Gasteiger partial charge in [-0.2, -0.15) is 5.10 Å². The first kappa shape index (κ1) is 11.9. The summed E-state index contributed by atoms with van der Waals surface area (Å²) < 4.78 is 22.1. The number of aliphatic imine (C=N–C) groups is 1. The summed E-state index contributed by atoms with van der Waals surface area (Å²) in [4.78, 5) is 4.49. The highest BCUT2D eigenvalue weighted by molar-refractivity contribution is 6.35. The second kappa shape index (κ2) is 4.96. The Bertz CT molecular complexity index is 931. The standard InChI is InChI=1S/C16H10ClFN4/c17-10-5-3-6-11(18)14(10)16-20-12-7-2-1-4-9(12)15-13(21-16)8-19-22-15/h1-8H,(H,19,22)(H,20,21)/i2D. The lowest BCUT2D eigenvalue weighted by Crippen LogP contribution is -2.15. The highest BCUT2D eigenvalue weighted by Crippen LogP contribution is 2.37. The first-order chi connectivity index (χ1) is 11.1. The van der Waals surface area contributed by atoms with Gasteiger partial charge in [0.25, 0.3) is 0 Å². The number of aromatic nitrogens is 2. The van der Waals surface area contributed by atoms with Gasteiger partial charge >= 0.3 is 0 Å². The first-order valence-electron chi connectivity index (χ1n) is 7.08. The number of para-hydroxylation sites is 1. The normalized spacial score (nSPS) is 13.4. The molecule has 2 aromatic carbocycles. The van der Waals surface area contributed by atoms with Gasteiger partial charge in [0.05, 0.1) is 35.2 Å². The minimum absolute atomic E-state index is 0.185. The molecule has 0 aliphatic carbocycles. The molecule has 0 saturated heterocycles. The van der Waals surface area contributed by atoms with E-state index in [9.17, 15) is 4.39 Å². The topological polar surface area (TPSA) is 53.1 Å². The fourth-order valence-electron chi connectivity index (χ4n) is 2.43. The van der Waals surface area contributed by atoms with Crippen molar-refractivity contribution in [2.24, 2.45) is 4.99 Å². The molecule has 0 radical (unpaired) electrons. The summed E-state index contributed by atoms with van der Waals surface area (Å²) in [5.74, 6) is -0.195. The van der Waals surface area contributed by atoms with E-state index in [2.05, 4.69) is 20.5 Å². The number of benzene rings is 2. The van der Waals surface area contributed by atoms with Crippen molar-refractivity contribution in [3.8, 4) is 11.3 Å². The Balaban J connectivity index is 2.00. The van der Waals surface area contributed by atoms with Crippen LogP contribution in [0.1, 0.15) is 6.93 Å². The largest absolute Gasteiger partial charge is 0.337 e. The maximum atomic E-state index is 14.3. The number of nitrogens with one attached hydrogen (secondary N) is 2. The molecular weight excluding hydrogens is 303 g/mol. The zero-order chi connectivity index (χ0) is 16.0. The molecule has 0 fully saturated rings. The summed E-state index contributed by atoms with van der Waals surface area (Å²) in [6.45, 7) is 0. The number of hydrogen-bond donors (Lipinski definition) is 2. The van der Waals surface area contributed by atoms with Crippen LogP contribution in [-0.2, 0) is 0 Å². The molecule has 6 heteroatoms. The van der Waals surface area contributed by atoms with Gasteiger partial charge in [0, 0.05) is 5.56 Å². The predicted molar refractivity (Wildman–Crippen MR) is 85.3 cm³/mol. The zero-order valence-electron chi connectivity index (χ0n) is 12.2. The van der Waals surface area contributed by atoms with Crippen molar-refractivity contribution in [3.63, 3.8) is 0 Å². The molecule has 3 aromatic rings. The van der Waals surface area contributed by atoms with E-state index in [0.29, 0.717) is 17.4 Å². The molecule has 108 valence electrons. The fraction of sp³-hybridized carbons (Fsp3) is 0.